The van der Waals surface area contributed by atoms with Gasteiger partial charge in [0.15, 0.2) is 0 Å². The molecule has 0 bridgehead atoms. The molecule has 86 valence electrons. The molecule has 3 aliphatic heterocycles. The number of likely N-dealkylation sites (N-methyl/N-ethyl adjacent to an activating group) is 1. The molecule has 3 atom stereocenters. The van der Waals surface area contributed by atoms with Crippen LogP contribution in [-0.4, -0.2) is 61.2 Å². The fourth-order valence-corrected chi connectivity index (χ4v) is 3.65. The highest BCUT2D eigenvalue weighted by Crippen LogP contribution is 2.28. The van der Waals surface area contributed by atoms with E-state index in [4.69, 9.17) is 0 Å². The smallest absolute Gasteiger partial charge is 0.0250 e. The van der Waals surface area contributed by atoms with Gasteiger partial charge >= 0.3 is 0 Å². The van der Waals surface area contributed by atoms with Gasteiger partial charge in [0.25, 0.3) is 0 Å². The maximum atomic E-state index is 3.90. The van der Waals surface area contributed by atoms with E-state index in [0.717, 1.165) is 18.1 Å². The number of hydrogen-bond donors (Lipinski definition) is 1. The van der Waals surface area contributed by atoms with Crippen molar-refractivity contribution in [3.05, 3.63) is 0 Å². The normalized spacial score (nSPS) is 42.6. The van der Waals surface area contributed by atoms with Gasteiger partial charge < -0.3 is 10.2 Å². The Labute approximate surface area is 92.8 Å². The summed E-state index contributed by atoms with van der Waals surface area (Å²) in [6, 6.07) is 2.43. The molecular formula is C12H23N3. The number of nitrogens with zero attached hydrogens (tertiary/aromatic N) is 2. The van der Waals surface area contributed by atoms with Crippen LogP contribution in [0.15, 0.2) is 0 Å². The Kier molecular flexibility index (Phi) is 2.71. The van der Waals surface area contributed by atoms with Crippen LogP contribution in [0.5, 0.6) is 0 Å². The lowest BCUT2D eigenvalue weighted by atomic mass is 10.1. The van der Waals surface area contributed by atoms with Gasteiger partial charge in [0.2, 0.25) is 0 Å². The molecule has 0 aromatic carbocycles. The largest absolute Gasteiger partial charge is 0.308 e. The highest BCUT2D eigenvalue weighted by molar-refractivity contribution is 4.97. The summed E-state index contributed by atoms with van der Waals surface area (Å²) in [7, 11) is 2.23. The Morgan fingerprint density at radius 3 is 2.80 bits per heavy atom. The third-order valence-electron chi connectivity index (χ3n) is 4.45. The van der Waals surface area contributed by atoms with Crippen LogP contribution < -0.4 is 5.32 Å². The summed E-state index contributed by atoms with van der Waals surface area (Å²) in [4.78, 5) is 5.13. The molecule has 0 aliphatic carbocycles. The zero-order valence-electron chi connectivity index (χ0n) is 9.78. The van der Waals surface area contributed by atoms with Gasteiger partial charge in [-0.1, -0.05) is 0 Å². The molecule has 0 aromatic heterocycles. The number of rotatable bonds is 2. The molecule has 0 radical (unpaired) electrons. The minimum atomic E-state index is 0.764. The van der Waals surface area contributed by atoms with Crippen molar-refractivity contribution in [2.24, 2.45) is 0 Å². The zero-order valence-corrected chi connectivity index (χ0v) is 9.78. The topological polar surface area (TPSA) is 18.5 Å². The molecule has 3 nitrogen and oxygen atoms in total. The Morgan fingerprint density at radius 2 is 2.00 bits per heavy atom. The van der Waals surface area contributed by atoms with E-state index in [9.17, 15) is 0 Å². The third kappa shape index (κ3) is 1.93. The summed E-state index contributed by atoms with van der Waals surface area (Å²) in [5, 5.41) is 3.90. The Hall–Kier alpha value is -0.120. The molecule has 15 heavy (non-hydrogen) atoms. The van der Waals surface area contributed by atoms with Crippen molar-refractivity contribution in [2.45, 2.75) is 43.8 Å². The minimum absolute atomic E-state index is 0.764. The molecule has 1 N–H and O–H groups in total. The van der Waals surface area contributed by atoms with Crippen LogP contribution in [0.25, 0.3) is 0 Å². The fraction of sp³-hybridized carbons (Fsp3) is 1.00. The van der Waals surface area contributed by atoms with Gasteiger partial charge in [0.05, 0.1) is 0 Å². The van der Waals surface area contributed by atoms with Crippen molar-refractivity contribution in [3.63, 3.8) is 0 Å². The van der Waals surface area contributed by atoms with Crippen LogP contribution >= 0.6 is 0 Å². The van der Waals surface area contributed by atoms with E-state index in [-0.39, 0.29) is 0 Å². The van der Waals surface area contributed by atoms with Gasteiger partial charge in [0, 0.05) is 31.2 Å². The second kappa shape index (κ2) is 4.04. The molecular weight excluding hydrogens is 186 g/mol. The van der Waals surface area contributed by atoms with Crippen LogP contribution in [0.1, 0.15) is 25.7 Å². The second-order valence-electron chi connectivity index (χ2n) is 5.56. The summed E-state index contributed by atoms with van der Waals surface area (Å²) in [6.07, 6.45) is 5.58. The highest BCUT2D eigenvalue weighted by atomic mass is 15.3. The number of nitrogens with one attached hydrogen (secondary N) is 1. The van der Waals surface area contributed by atoms with Crippen molar-refractivity contribution in [1.82, 2.24) is 15.1 Å². The standard InChI is InChI=1S/C12H23N3/c1-14-7-4-10(9-14)13-11-5-8-15-6-2-3-12(11)15/h10-13H,2-9H2,1H3. The highest BCUT2D eigenvalue weighted by Gasteiger charge is 2.38. The lowest BCUT2D eigenvalue weighted by Crippen LogP contribution is -2.45. The van der Waals surface area contributed by atoms with E-state index < -0.39 is 0 Å². The van der Waals surface area contributed by atoms with E-state index >= 15 is 0 Å². The first-order valence-corrected chi connectivity index (χ1v) is 6.51. The number of likely N-dealkylation sites (tertiary alicyclic amines) is 1. The molecule has 3 heterocycles. The Bertz CT molecular complexity index is 231. The fourth-order valence-electron chi connectivity index (χ4n) is 3.65. The first kappa shape index (κ1) is 10.1. The van der Waals surface area contributed by atoms with Crippen LogP contribution in [-0.2, 0) is 0 Å². The summed E-state index contributed by atoms with van der Waals surface area (Å²) < 4.78 is 0. The molecule has 3 saturated heterocycles. The maximum absolute atomic E-state index is 3.90. The summed E-state index contributed by atoms with van der Waals surface area (Å²) >= 11 is 0. The van der Waals surface area contributed by atoms with Gasteiger partial charge in [0.1, 0.15) is 0 Å². The van der Waals surface area contributed by atoms with Crippen molar-refractivity contribution in [3.8, 4) is 0 Å². The molecule has 3 fully saturated rings. The zero-order chi connectivity index (χ0) is 10.3. The average Bonchev–Trinajstić information content (AvgIpc) is 2.85. The van der Waals surface area contributed by atoms with Crippen molar-refractivity contribution >= 4 is 0 Å². The maximum Gasteiger partial charge on any atom is 0.0250 e. The number of fused-ring (bicyclic) bond motifs is 1. The Morgan fingerprint density at radius 1 is 1.07 bits per heavy atom. The van der Waals surface area contributed by atoms with E-state index in [1.54, 1.807) is 0 Å². The molecule has 0 aromatic rings. The SMILES string of the molecule is CN1CCC(NC2CCN3CCCC23)C1. The van der Waals surface area contributed by atoms with Gasteiger partial charge in [-0.05, 0) is 45.8 Å². The lowest BCUT2D eigenvalue weighted by Gasteiger charge is -2.24. The number of hydrogen-bond acceptors (Lipinski definition) is 3. The van der Waals surface area contributed by atoms with Crippen LogP contribution in [0.2, 0.25) is 0 Å². The third-order valence-corrected chi connectivity index (χ3v) is 4.45. The van der Waals surface area contributed by atoms with Gasteiger partial charge in [-0.25, -0.2) is 0 Å². The predicted octanol–water partition coefficient (Wildman–Crippen LogP) is 0.517. The van der Waals surface area contributed by atoms with Crippen molar-refractivity contribution < 1.29 is 0 Å². The predicted molar refractivity (Wildman–Crippen MR) is 62.0 cm³/mol. The van der Waals surface area contributed by atoms with Gasteiger partial charge in [-0.15, -0.1) is 0 Å². The Balaban J connectivity index is 1.55. The molecule has 3 unspecified atom stereocenters. The molecule has 0 amide bonds. The van der Waals surface area contributed by atoms with Gasteiger partial charge in [-0.2, -0.15) is 0 Å². The average molecular weight is 209 g/mol. The van der Waals surface area contributed by atoms with Crippen LogP contribution in [0, 0.1) is 0 Å². The lowest BCUT2D eigenvalue weighted by molar-refractivity contribution is 0.287. The van der Waals surface area contributed by atoms with E-state index in [2.05, 4.69) is 22.2 Å². The monoisotopic (exact) mass is 209 g/mol. The first-order chi connectivity index (χ1) is 7.33. The van der Waals surface area contributed by atoms with E-state index in [1.165, 1.54) is 51.9 Å². The molecule has 0 saturated carbocycles. The summed E-state index contributed by atoms with van der Waals surface area (Å²) in [5.74, 6) is 0. The van der Waals surface area contributed by atoms with Crippen LogP contribution in [0.4, 0.5) is 0 Å². The van der Waals surface area contributed by atoms with E-state index in [0.29, 0.717) is 0 Å². The molecule has 0 spiro atoms. The van der Waals surface area contributed by atoms with E-state index in [1.807, 2.05) is 0 Å². The summed E-state index contributed by atoms with van der Waals surface area (Å²) in [5.41, 5.74) is 0. The molecule has 3 heteroatoms. The summed E-state index contributed by atoms with van der Waals surface area (Å²) in [6.45, 7) is 5.22. The van der Waals surface area contributed by atoms with Gasteiger partial charge in [-0.3, -0.25) is 4.90 Å². The first-order valence-electron chi connectivity index (χ1n) is 6.51. The van der Waals surface area contributed by atoms with Crippen LogP contribution in [0.3, 0.4) is 0 Å². The molecule has 3 aliphatic rings. The second-order valence-corrected chi connectivity index (χ2v) is 5.56. The molecule has 3 rings (SSSR count). The van der Waals surface area contributed by atoms with Crippen molar-refractivity contribution in [2.75, 3.05) is 33.2 Å². The minimum Gasteiger partial charge on any atom is -0.308 e. The quantitative estimate of drug-likeness (QED) is 0.715. The van der Waals surface area contributed by atoms with Crippen molar-refractivity contribution in [1.29, 1.82) is 0 Å².